The van der Waals surface area contributed by atoms with Gasteiger partial charge in [-0.2, -0.15) is 9.40 Å². The Kier molecular flexibility index (Phi) is 4.41. The van der Waals surface area contributed by atoms with Crippen molar-refractivity contribution in [3.63, 3.8) is 0 Å². The van der Waals surface area contributed by atoms with E-state index in [0.29, 0.717) is 6.61 Å². The Hall–Kier alpha value is -1.86. The lowest BCUT2D eigenvalue weighted by Gasteiger charge is -2.16. The summed E-state index contributed by atoms with van der Waals surface area (Å²) >= 11 is 0. The summed E-state index contributed by atoms with van der Waals surface area (Å²) in [5.41, 5.74) is 0.888. The highest BCUT2D eigenvalue weighted by molar-refractivity contribution is 7.89. The molecule has 108 valence electrons. The van der Waals surface area contributed by atoms with Gasteiger partial charge in [0.15, 0.2) is 5.03 Å². The minimum atomic E-state index is -3.53. The van der Waals surface area contributed by atoms with Crippen molar-refractivity contribution in [3.05, 3.63) is 42.1 Å². The fourth-order valence-electron chi connectivity index (χ4n) is 1.75. The maximum absolute atomic E-state index is 12.2. The van der Waals surface area contributed by atoms with Crippen molar-refractivity contribution in [2.24, 2.45) is 0 Å². The normalized spacial score (nSPS) is 11.8. The molecule has 0 radical (unpaired) electrons. The first kappa shape index (κ1) is 14.5. The van der Waals surface area contributed by atoms with Gasteiger partial charge in [-0.1, -0.05) is 12.1 Å². The molecule has 0 amide bonds. The Balaban J connectivity index is 2.09. The van der Waals surface area contributed by atoms with Crippen LogP contribution in [-0.4, -0.2) is 36.6 Å². The summed E-state index contributed by atoms with van der Waals surface area (Å²) < 4.78 is 31.0. The Bertz CT molecular complexity index is 636. The predicted molar refractivity (Wildman–Crippen MR) is 74.9 cm³/mol. The zero-order chi connectivity index (χ0) is 14.6. The number of aromatic amines is 1. The molecule has 7 heteroatoms. The summed E-state index contributed by atoms with van der Waals surface area (Å²) in [5.74, 6) is 0.773. The first-order valence-electron chi connectivity index (χ1n) is 6.21. The molecule has 6 nitrogen and oxygen atoms in total. The van der Waals surface area contributed by atoms with E-state index in [-0.39, 0.29) is 11.6 Å². The molecule has 1 heterocycles. The van der Waals surface area contributed by atoms with E-state index in [2.05, 4.69) is 10.2 Å². The van der Waals surface area contributed by atoms with Crippen molar-refractivity contribution >= 4 is 10.0 Å². The van der Waals surface area contributed by atoms with Crippen molar-refractivity contribution in [2.45, 2.75) is 18.5 Å². The second-order valence-electron chi connectivity index (χ2n) is 4.26. The number of sulfonamides is 1. The molecule has 0 aliphatic heterocycles. The molecule has 20 heavy (non-hydrogen) atoms. The molecule has 0 fully saturated rings. The van der Waals surface area contributed by atoms with Crippen molar-refractivity contribution in [3.8, 4) is 5.75 Å². The molecule has 0 aliphatic rings. The average Bonchev–Trinajstić information content (AvgIpc) is 2.96. The molecule has 1 aromatic heterocycles. The SMILES string of the molecule is CCOc1ccc(CN(C)S(=O)(=O)c2ccn[nH]2)cc1. The molecule has 2 aromatic rings. The second-order valence-corrected chi connectivity index (χ2v) is 6.27. The number of aromatic nitrogens is 2. The fraction of sp³-hybridized carbons (Fsp3) is 0.308. The molecule has 0 spiro atoms. The third-order valence-corrected chi connectivity index (χ3v) is 4.54. The molecule has 0 saturated heterocycles. The summed E-state index contributed by atoms with van der Waals surface area (Å²) in [6.45, 7) is 2.81. The van der Waals surface area contributed by atoms with E-state index in [4.69, 9.17) is 4.74 Å². The number of H-pyrrole nitrogens is 1. The minimum absolute atomic E-state index is 0.0888. The lowest BCUT2D eigenvalue weighted by atomic mass is 10.2. The van der Waals surface area contributed by atoms with Crippen LogP contribution in [0.25, 0.3) is 0 Å². The maximum Gasteiger partial charge on any atom is 0.260 e. The number of rotatable bonds is 6. The number of nitrogens with one attached hydrogen (secondary N) is 1. The highest BCUT2D eigenvalue weighted by atomic mass is 32.2. The third kappa shape index (κ3) is 3.17. The van der Waals surface area contributed by atoms with E-state index in [9.17, 15) is 8.42 Å². The Morgan fingerprint density at radius 3 is 2.50 bits per heavy atom. The first-order chi connectivity index (χ1) is 9.54. The lowest BCUT2D eigenvalue weighted by Crippen LogP contribution is -2.26. The van der Waals surface area contributed by atoms with Gasteiger partial charge >= 0.3 is 0 Å². The zero-order valence-corrected chi connectivity index (χ0v) is 12.2. The van der Waals surface area contributed by atoms with Gasteiger partial charge in [0.2, 0.25) is 0 Å². The molecule has 1 aromatic carbocycles. The van der Waals surface area contributed by atoms with Gasteiger partial charge < -0.3 is 4.74 Å². The van der Waals surface area contributed by atoms with Crippen LogP contribution in [-0.2, 0) is 16.6 Å². The largest absolute Gasteiger partial charge is 0.494 e. The van der Waals surface area contributed by atoms with Gasteiger partial charge in [0.1, 0.15) is 5.75 Å². The molecule has 0 aliphatic carbocycles. The molecular formula is C13H17N3O3S. The highest BCUT2D eigenvalue weighted by Gasteiger charge is 2.22. The maximum atomic E-state index is 12.2. The molecular weight excluding hydrogens is 278 g/mol. The van der Waals surface area contributed by atoms with E-state index in [1.807, 2.05) is 31.2 Å². The minimum Gasteiger partial charge on any atom is -0.494 e. The van der Waals surface area contributed by atoms with Gasteiger partial charge in [0, 0.05) is 13.6 Å². The number of benzene rings is 1. The van der Waals surface area contributed by atoms with Crippen LogP contribution in [0.5, 0.6) is 5.75 Å². The van der Waals surface area contributed by atoms with Gasteiger partial charge in [-0.25, -0.2) is 8.42 Å². The molecule has 0 bridgehead atoms. The van der Waals surface area contributed by atoms with Crippen LogP contribution in [0, 0.1) is 0 Å². The molecule has 1 N–H and O–H groups in total. The molecule has 0 saturated carbocycles. The van der Waals surface area contributed by atoms with E-state index in [1.165, 1.54) is 23.6 Å². The van der Waals surface area contributed by atoms with Gasteiger partial charge in [0.25, 0.3) is 10.0 Å². The van der Waals surface area contributed by atoms with E-state index in [1.54, 1.807) is 0 Å². The van der Waals surface area contributed by atoms with Crippen LogP contribution in [0.2, 0.25) is 0 Å². The smallest absolute Gasteiger partial charge is 0.260 e. The summed E-state index contributed by atoms with van der Waals surface area (Å²) in [5, 5.41) is 6.22. The zero-order valence-electron chi connectivity index (χ0n) is 11.4. The van der Waals surface area contributed by atoms with Gasteiger partial charge in [-0.3, -0.25) is 5.10 Å². The van der Waals surface area contributed by atoms with E-state index >= 15 is 0 Å². The van der Waals surface area contributed by atoms with Crippen LogP contribution < -0.4 is 4.74 Å². The fourth-order valence-corrected chi connectivity index (χ4v) is 2.81. The Morgan fingerprint density at radius 1 is 1.25 bits per heavy atom. The summed E-state index contributed by atoms with van der Waals surface area (Å²) in [7, 11) is -2.00. The van der Waals surface area contributed by atoms with Crippen LogP contribution in [0.4, 0.5) is 0 Å². The van der Waals surface area contributed by atoms with Crippen molar-refractivity contribution in [2.75, 3.05) is 13.7 Å². The first-order valence-corrected chi connectivity index (χ1v) is 7.65. The average molecular weight is 295 g/mol. The van der Waals surface area contributed by atoms with Gasteiger partial charge in [0.05, 0.1) is 12.8 Å². The summed E-state index contributed by atoms with van der Waals surface area (Å²) in [6.07, 6.45) is 1.41. The standard InChI is InChI=1S/C13H17N3O3S/c1-3-19-12-6-4-11(5-7-12)10-16(2)20(17,18)13-8-9-14-15-13/h4-9H,3,10H2,1-2H3,(H,14,15). The van der Waals surface area contributed by atoms with Gasteiger partial charge in [-0.05, 0) is 30.7 Å². The lowest BCUT2D eigenvalue weighted by molar-refractivity contribution is 0.340. The van der Waals surface area contributed by atoms with E-state index in [0.717, 1.165) is 11.3 Å². The quantitative estimate of drug-likeness (QED) is 0.879. The third-order valence-electron chi connectivity index (χ3n) is 2.80. The van der Waals surface area contributed by atoms with Gasteiger partial charge in [-0.15, -0.1) is 0 Å². The van der Waals surface area contributed by atoms with Crippen molar-refractivity contribution in [1.82, 2.24) is 14.5 Å². The number of nitrogens with zero attached hydrogens (tertiary/aromatic N) is 2. The molecule has 0 unspecified atom stereocenters. The summed E-state index contributed by atoms with van der Waals surface area (Å²) in [6, 6.07) is 8.79. The monoisotopic (exact) mass is 295 g/mol. The van der Waals surface area contributed by atoms with Crippen LogP contribution >= 0.6 is 0 Å². The summed E-state index contributed by atoms with van der Waals surface area (Å²) in [4.78, 5) is 0. The number of hydrogen-bond donors (Lipinski definition) is 1. The Labute approximate surface area is 118 Å². The van der Waals surface area contributed by atoms with Crippen LogP contribution in [0.3, 0.4) is 0 Å². The van der Waals surface area contributed by atoms with Crippen molar-refractivity contribution < 1.29 is 13.2 Å². The van der Waals surface area contributed by atoms with Crippen molar-refractivity contribution in [1.29, 1.82) is 0 Å². The van der Waals surface area contributed by atoms with E-state index < -0.39 is 10.0 Å². The molecule has 0 atom stereocenters. The van der Waals surface area contributed by atoms with Crippen LogP contribution in [0.1, 0.15) is 12.5 Å². The molecule has 2 rings (SSSR count). The number of ether oxygens (including phenoxy) is 1. The second kappa shape index (κ2) is 6.06. The number of hydrogen-bond acceptors (Lipinski definition) is 4. The van der Waals surface area contributed by atoms with Crippen LogP contribution in [0.15, 0.2) is 41.6 Å². The topological polar surface area (TPSA) is 75.3 Å². The predicted octanol–water partition coefficient (Wildman–Crippen LogP) is 1.63. The highest BCUT2D eigenvalue weighted by Crippen LogP contribution is 2.17. The Morgan fingerprint density at radius 2 is 1.95 bits per heavy atom.